The summed E-state index contributed by atoms with van der Waals surface area (Å²) in [7, 11) is 4.16. The summed E-state index contributed by atoms with van der Waals surface area (Å²) in [4.78, 5) is 7.01. The van der Waals surface area contributed by atoms with Crippen molar-refractivity contribution in [2.45, 2.75) is 51.6 Å². The second kappa shape index (κ2) is 9.74. The first-order valence-electron chi connectivity index (χ1n) is 11.4. The average molecular weight is 448 g/mol. The largest absolute Gasteiger partial charge is 0.377 e. The number of rotatable bonds is 5. The normalized spacial score (nSPS) is 18.2. The van der Waals surface area contributed by atoms with E-state index in [-0.39, 0.29) is 0 Å². The highest BCUT2D eigenvalue weighted by Crippen LogP contribution is 2.29. The van der Waals surface area contributed by atoms with Crippen molar-refractivity contribution in [3.63, 3.8) is 0 Å². The number of nitrogens with one attached hydrogen (secondary N) is 3. The molecule has 1 heterocycles. The molecule has 3 aromatic rings. The number of aryl methyl sites for hydroxylation is 2. The van der Waals surface area contributed by atoms with Crippen molar-refractivity contribution in [1.29, 1.82) is 0 Å². The molecule has 0 spiro atoms. The van der Waals surface area contributed by atoms with Gasteiger partial charge in [-0.2, -0.15) is 0 Å². The van der Waals surface area contributed by atoms with Crippen LogP contribution in [0.15, 0.2) is 48.5 Å². The average Bonchev–Trinajstić information content (AvgIpc) is 2.76. The van der Waals surface area contributed by atoms with Gasteiger partial charge in [-0.1, -0.05) is 35.9 Å². The van der Waals surface area contributed by atoms with Gasteiger partial charge in [-0.05, 0) is 69.4 Å². The minimum atomic E-state index is 0.403. The summed E-state index contributed by atoms with van der Waals surface area (Å²) in [6, 6.07) is 17.7. The molecule has 5 nitrogen and oxygen atoms in total. The lowest BCUT2D eigenvalue weighted by Gasteiger charge is -2.31. The summed E-state index contributed by atoms with van der Waals surface area (Å²) < 4.78 is 0. The van der Waals surface area contributed by atoms with Gasteiger partial charge in [0.2, 0.25) is 0 Å². The Balaban J connectivity index is 1.32. The van der Waals surface area contributed by atoms with Crippen LogP contribution in [0.25, 0.3) is 10.9 Å². The molecule has 3 N–H and O–H groups in total. The van der Waals surface area contributed by atoms with Gasteiger partial charge in [0.25, 0.3) is 0 Å². The zero-order valence-corrected chi connectivity index (χ0v) is 20.2. The van der Waals surface area contributed by atoms with E-state index >= 15 is 0 Å². The van der Waals surface area contributed by atoms with Crippen LogP contribution in [0.1, 0.15) is 36.8 Å². The van der Waals surface area contributed by atoms with Gasteiger partial charge in [0.05, 0.1) is 5.52 Å². The van der Waals surface area contributed by atoms with E-state index in [1.165, 1.54) is 22.2 Å². The maximum absolute atomic E-state index is 5.57. The van der Waals surface area contributed by atoms with Gasteiger partial charge in [0, 0.05) is 49.0 Å². The van der Waals surface area contributed by atoms with Crippen LogP contribution in [0.2, 0.25) is 0 Å². The number of pyridine rings is 1. The summed E-state index contributed by atoms with van der Waals surface area (Å²) in [6.45, 7) is 4.21. The van der Waals surface area contributed by atoms with Crippen LogP contribution in [0.3, 0.4) is 0 Å². The first-order chi connectivity index (χ1) is 15.4. The number of benzene rings is 2. The van der Waals surface area contributed by atoms with E-state index in [4.69, 9.17) is 17.2 Å². The second-order valence-corrected chi connectivity index (χ2v) is 9.46. The smallest absolute Gasteiger partial charge is 0.171 e. The Kier molecular flexibility index (Phi) is 6.80. The van der Waals surface area contributed by atoms with Crippen molar-refractivity contribution in [3.05, 3.63) is 59.7 Å². The van der Waals surface area contributed by atoms with Crippen LogP contribution in [-0.4, -0.2) is 36.3 Å². The van der Waals surface area contributed by atoms with Crippen molar-refractivity contribution < 1.29 is 0 Å². The summed E-state index contributed by atoms with van der Waals surface area (Å²) >= 11 is 5.57. The second-order valence-electron chi connectivity index (χ2n) is 9.05. The molecule has 0 unspecified atom stereocenters. The van der Waals surface area contributed by atoms with Gasteiger partial charge in [-0.25, -0.2) is 4.98 Å². The van der Waals surface area contributed by atoms with Gasteiger partial charge in [0.1, 0.15) is 5.82 Å². The number of nitrogens with zero attached hydrogens (tertiary/aromatic N) is 2. The van der Waals surface area contributed by atoms with Gasteiger partial charge in [-0.3, -0.25) is 0 Å². The molecular formula is C26H33N5S. The molecule has 0 aliphatic heterocycles. The first kappa shape index (κ1) is 22.3. The highest BCUT2D eigenvalue weighted by Gasteiger charge is 2.22. The van der Waals surface area contributed by atoms with Crippen molar-refractivity contribution >= 4 is 45.4 Å². The monoisotopic (exact) mass is 447 g/mol. The molecule has 168 valence electrons. The minimum absolute atomic E-state index is 0.403. The van der Waals surface area contributed by atoms with E-state index in [1.54, 1.807) is 0 Å². The van der Waals surface area contributed by atoms with E-state index in [0.717, 1.165) is 42.7 Å². The zero-order chi connectivity index (χ0) is 22.7. The quantitative estimate of drug-likeness (QED) is 0.441. The third kappa shape index (κ3) is 5.30. The van der Waals surface area contributed by atoms with E-state index in [9.17, 15) is 0 Å². The Morgan fingerprint density at radius 1 is 0.969 bits per heavy atom. The molecule has 0 bridgehead atoms. The Bertz CT molecular complexity index is 1100. The lowest BCUT2D eigenvalue weighted by Crippen LogP contribution is -2.42. The molecule has 0 atom stereocenters. The molecule has 1 fully saturated rings. The molecule has 1 aliphatic rings. The van der Waals surface area contributed by atoms with E-state index in [1.807, 2.05) is 6.07 Å². The number of anilines is 3. The van der Waals surface area contributed by atoms with Gasteiger partial charge >= 0.3 is 0 Å². The van der Waals surface area contributed by atoms with Crippen molar-refractivity contribution in [3.8, 4) is 0 Å². The predicted octanol–water partition coefficient (Wildman–Crippen LogP) is 5.63. The fourth-order valence-electron chi connectivity index (χ4n) is 4.49. The highest BCUT2D eigenvalue weighted by molar-refractivity contribution is 7.80. The molecule has 6 heteroatoms. The number of hydrogen-bond acceptors (Lipinski definition) is 4. The third-order valence-electron chi connectivity index (χ3n) is 6.22. The topological polar surface area (TPSA) is 52.2 Å². The molecule has 1 aromatic heterocycles. The summed E-state index contributed by atoms with van der Waals surface area (Å²) in [5, 5.41) is 12.4. The molecule has 0 radical (unpaired) electrons. The van der Waals surface area contributed by atoms with E-state index in [0.29, 0.717) is 17.2 Å². The zero-order valence-electron chi connectivity index (χ0n) is 19.4. The molecule has 32 heavy (non-hydrogen) atoms. The third-order valence-corrected chi connectivity index (χ3v) is 6.44. The molecule has 0 saturated heterocycles. The van der Waals surface area contributed by atoms with Crippen LogP contribution >= 0.6 is 12.2 Å². The van der Waals surface area contributed by atoms with Gasteiger partial charge in [-0.15, -0.1) is 0 Å². The van der Waals surface area contributed by atoms with Gasteiger partial charge < -0.3 is 20.9 Å². The fourth-order valence-corrected chi connectivity index (χ4v) is 4.77. The number of aromatic nitrogens is 1. The predicted molar refractivity (Wildman–Crippen MR) is 141 cm³/mol. The lowest BCUT2D eigenvalue weighted by molar-refractivity contribution is 0.388. The van der Waals surface area contributed by atoms with Crippen molar-refractivity contribution in [2.24, 2.45) is 0 Å². The van der Waals surface area contributed by atoms with Gasteiger partial charge in [0.15, 0.2) is 5.11 Å². The molecule has 1 saturated carbocycles. The molecular weight excluding hydrogens is 414 g/mol. The van der Waals surface area contributed by atoms with Crippen molar-refractivity contribution in [1.82, 2.24) is 10.3 Å². The summed E-state index contributed by atoms with van der Waals surface area (Å²) in [6.07, 6.45) is 4.35. The summed E-state index contributed by atoms with van der Waals surface area (Å²) in [5.41, 5.74) is 5.76. The van der Waals surface area contributed by atoms with Crippen LogP contribution in [0, 0.1) is 13.8 Å². The number of thiocarbonyl (C=S) groups is 1. The maximum Gasteiger partial charge on any atom is 0.171 e. The van der Waals surface area contributed by atoms with E-state index < -0.39 is 0 Å². The van der Waals surface area contributed by atoms with Crippen LogP contribution < -0.4 is 20.9 Å². The lowest BCUT2D eigenvalue weighted by atomic mass is 9.91. The fraction of sp³-hybridized carbons (Fsp3) is 0.385. The first-order valence-corrected chi connectivity index (χ1v) is 11.8. The SMILES string of the molecule is Cc1ccc(NC(=S)N[C@H]2CC[C@@H](Nc3cc(N(C)C)c4ccccc4n3)CC2)c(C)c1. The molecule has 4 rings (SSSR count). The Morgan fingerprint density at radius 3 is 2.41 bits per heavy atom. The van der Waals surface area contributed by atoms with Crippen LogP contribution in [0.5, 0.6) is 0 Å². The molecule has 2 aromatic carbocycles. The Hall–Kier alpha value is -2.86. The maximum atomic E-state index is 5.57. The number of para-hydroxylation sites is 1. The Labute approximate surface area is 196 Å². The summed E-state index contributed by atoms with van der Waals surface area (Å²) in [5.74, 6) is 0.954. The number of hydrogen-bond donors (Lipinski definition) is 3. The number of fused-ring (bicyclic) bond motifs is 1. The highest BCUT2D eigenvalue weighted by atomic mass is 32.1. The van der Waals surface area contributed by atoms with Crippen LogP contribution in [-0.2, 0) is 0 Å². The van der Waals surface area contributed by atoms with E-state index in [2.05, 4.69) is 91.3 Å². The standard InChI is InChI=1S/C26H33N5S/c1-17-9-14-22(18(2)15-17)30-26(32)28-20-12-10-19(11-13-20)27-25-16-24(31(3)4)21-7-5-6-8-23(21)29-25/h5-9,14-16,19-20H,10-13H2,1-4H3,(H,27,29)(H2,28,30,32)/t19-,20+. The molecule has 1 aliphatic carbocycles. The Morgan fingerprint density at radius 2 is 1.69 bits per heavy atom. The van der Waals surface area contributed by atoms with Crippen molar-refractivity contribution in [2.75, 3.05) is 29.6 Å². The molecule has 0 amide bonds. The minimum Gasteiger partial charge on any atom is -0.377 e. The van der Waals surface area contributed by atoms with Crippen LogP contribution in [0.4, 0.5) is 17.2 Å².